The number of nitrogens with one attached hydrogen (secondary N) is 1. The van der Waals surface area contributed by atoms with E-state index in [0.717, 1.165) is 0 Å². The van der Waals surface area contributed by atoms with Gasteiger partial charge in [-0.05, 0) is 24.4 Å². The summed E-state index contributed by atoms with van der Waals surface area (Å²) in [6, 6.07) is 8.86. The van der Waals surface area contributed by atoms with Crippen molar-refractivity contribution in [2.24, 2.45) is 5.73 Å². The molecule has 0 fully saturated rings. The number of ether oxygens (including phenoxy) is 1. The van der Waals surface area contributed by atoms with Gasteiger partial charge in [0.05, 0.1) is 0 Å². The van der Waals surface area contributed by atoms with Crippen LogP contribution in [0.15, 0.2) is 30.3 Å². The number of rotatable bonds is 1. The van der Waals surface area contributed by atoms with Crippen molar-refractivity contribution in [1.29, 1.82) is 0 Å². The van der Waals surface area contributed by atoms with E-state index in [-0.39, 0.29) is 5.17 Å². The number of carbonyl (C=O) groups excluding carboxylic acids is 1. The van der Waals surface area contributed by atoms with Crippen LogP contribution in [-0.2, 0) is 4.74 Å². The lowest BCUT2D eigenvalue weighted by atomic mass is 10.3. The molecule has 1 amide bonds. The predicted octanol–water partition coefficient (Wildman–Crippen LogP) is 1.48. The van der Waals surface area contributed by atoms with E-state index in [9.17, 15) is 4.79 Å². The topological polar surface area (TPSA) is 64.3 Å². The number of hydrogen-bond acceptors (Lipinski definition) is 3. The Morgan fingerprint density at radius 1 is 1.38 bits per heavy atom. The van der Waals surface area contributed by atoms with Crippen molar-refractivity contribution < 1.29 is 9.53 Å². The Morgan fingerprint density at radius 2 is 2.00 bits per heavy atom. The summed E-state index contributed by atoms with van der Waals surface area (Å²) in [4.78, 5) is 10.9. The number of hydrogen-bond donors (Lipinski definition) is 2. The summed E-state index contributed by atoms with van der Waals surface area (Å²) >= 11 is 4.38. The van der Waals surface area contributed by atoms with Crippen molar-refractivity contribution in [2.45, 2.75) is 0 Å². The molecule has 5 heteroatoms. The highest BCUT2D eigenvalue weighted by atomic mass is 32.1. The van der Waals surface area contributed by atoms with Gasteiger partial charge in [0.1, 0.15) is 0 Å². The fraction of sp³-hybridized carbons (Fsp3) is 0. The van der Waals surface area contributed by atoms with E-state index >= 15 is 0 Å². The predicted molar refractivity (Wildman–Crippen MR) is 53.3 cm³/mol. The van der Waals surface area contributed by atoms with Crippen molar-refractivity contribution in [3.05, 3.63) is 30.3 Å². The molecule has 0 saturated heterocycles. The molecular formula is C8H8N2O2S. The first-order valence-corrected chi connectivity index (χ1v) is 3.92. The first-order chi connectivity index (χ1) is 6.18. The van der Waals surface area contributed by atoms with Gasteiger partial charge < -0.3 is 10.5 Å². The van der Waals surface area contributed by atoms with E-state index in [1.165, 1.54) is 0 Å². The minimum atomic E-state index is -0.682. The molecule has 4 nitrogen and oxygen atoms in total. The molecule has 0 spiro atoms. The molecule has 1 aromatic rings. The van der Waals surface area contributed by atoms with Crippen molar-refractivity contribution in [1.82, 2.24) is 0 Å². The zero-order chi connectivity index (χ0) is 9.68. The molecule has 0 radical (unpaired) electrons. The number of benzene rings is 1. The molecule has 0 aliphatic carbocycles. The fourth-order valence-electron chi connectivity index (χ4n) is 0.756. The molecule has 3 N–H and O–H groups in total. The summed E-state index contributed by atoms with van der Waals surface area (Å²) in [7, 11) is 0. The lowest BCUT2D eigenvalue weighted by Crippen LogP contribution is -2.22. The monoisotopic (exact) mass is 196 g/mol. The first-order valence-electron chi connectivity index (χ1n) is 3.52. The van der Waals surface area contributed by atoms with Gasteiger partial charge in [-0.2, -0.15) is 0 Å². The van der Waals surface area contributed by atoms with Crippen molar-refractivity contribution in [3.8, 4) is 0 Å². The van der Waals surface area contributed by atoms with Gasteiger partial charge in [-0.25, -0.2) is 4.79 Å². The van der Waals surface area contributed by atoms with Crippen molar-refractivity contribution >= 4 is 29.2 Å². The molecule has 1 aromatic carbocycles. The maximum Gasteiger partial charge on any atom is 0.418 e. The standard InChI is InChI=1S/C8H8N2O2S/c9-7(13)12-8(11)10-6-4-2-1-3-5-6/h1-5H,(H2,9,13)(H,10,11). The Bertz CT molecular complexity index is 313. The third kappa shape index (κ3) is 3.53. The molecule has 0 atom stereocenters. The smallest absolute Gasteiger partial charge is 0.383 e. The molecular weight excluding hydrogens is 188 g/mol. The average Bonchev–Trinajstić information content (AvgIpc) is 2.04. The van der Waals surface area contributed by atoms with Crippen molar-refractivity contribution in [2.75, 3.05) is 5.32 Å². The molecule has 13 heavy (non-hydrogen) atoms. The second-order valence-corrected chi connectivity index (χ2v) is 2.60. The van der Waals surface area contributed by atoms with Crippen LogP contribution in [0.1, 0.15) is 0 Å². The molecule has 0 aliphatic heterocycles. The third-order valence-electron chi connectivity index (χ3n) is 1.21. The van der Waals surface area contributed by atoms with Crippen LogP contribution < -0.4 is 11.1 Å². The molecule has 1 rings (SSSR count). The largest absolute Gasteiger partial charge is 0.418 e. The summed E-state index contributed by atoms with van der Waals surface area (Å²) in [6.07, 6.45) is -0.682. The van der Waals surface area contributed by atoms with E-state index in [0.29, 0.717) is 5.69 Å². The van der Waals surface area contributed by atoms with Crippen LogP contribution in [0.4, 0.5) is 10.5 Å². The van der Waals surface area contributed by atoms with Gasteiger partial charge >= 0.3 is 6.09 Å². The highest BCUT2D eigenvalue weighted by molar-refractivity contribution is 7.80. The summed E-state index contributed by atoms with van der Waals surface area (Å²) in [5, 5.41) is 2.15. The zero-order valence-electron chi connectivity index (χ0n) is 6.69. The van der Waals surface area contributed by atoms with Crippen LogP contribution in [0, 0.1) is 0 Å². The molecule has 68 valence electrons. The fourth-order valence-corrected chi connectivity index (χ4v) is 0.832. The number of thiocarbonyl (C=S) groups is 1. The molecule has 0 bridgehead atoms. The lowest BCUT2D eigenvalue weighted by molar-refractivity contribution is 0.213. The van der Waals surface area contributed by atoms with Gasteiger partial charge in [0.25, 0.3) is 5.17 Å². The molecule has 0 unspecified atom stereocenters. The maximum absolute atomic E-state index is 10.9. The summed E-state index contributed by atoms with van der Waals surface area (Å²) in [6.45, 7) is 0. The SMILES string of the molecule is NC(=S)OC(=O)Nc1ccccc1. The first kappa shape index (κ1) is 9.47. The second-order valence-electron chi connectivity index (χ2n) is 2.20. The number of para-hydroxylation sites is 1. The Morgan fingerprint density at radius 3 is 2.54 bits per heavy atom. The minimum absolute atomic E-state index is 0.298. The second kappa shape index (κ2) is 4.42. The number of anilines is 1. The van der Waals surface area contributed by atoms with Gasteiger partial charge in [-0.15, -0.1) is 0 Å². The Labute approximate surface area is 80.7 Å². The van der Waals surface area contributed by atoms with Crippen LogP contribution in [0.3, 0.4) is 0 Å². The maximum atomic E-state index is 10.9. The summed E-state index contributed by atoms with van der Waals surface area (Å²) in [5.74, 6) is 0. The van der Waals surface area contributed by atoms with E-state index in [1.807, 2.05) is 6.07 Å². The van der Waals surface area contributed by atoms with E-state index in [2.05, 4.69) is 22.3 Å². The summed E-state index contributed by atoms with van der Waals surface area (Å²) < 4.78 is 4.41. The minimum Gasteiger partial charge on any atom is -0.383 e. The van der Waals surface area contributed by atoms with E-state index in [1.54, 1.807) is 24.3 Å². The molecule has 0 heterocycles. The molecule has 0 aliphatic rings. The Hall–Kier alpha value is -1.62. The van der Waals surface area contributed by atoms with Gasteiger partial charge in [-0.1, -0.05) is 18.2 Å². The summed E-state index contributed by atoms with van der Waals surface area (Å²) in [5.41, 5.74) is 5.62. The highest BCUT2D eigenvalue weighted by Gasteiger charge is 2.02. The van der Waals surface area contributed by atoms with Gasteiger partial charge in [0.2, 0.25) is 0 Å². The number of nitrogens with two attached hydrogens (primary N) is 1. The average molecular weight is 196 g/mol. The molecule has 0 aromatic heterocycles. The zero-order valence-corrected chi connectivity index (χ0v) is 7.51. The van der Waals surface area contributed by atoms with Crippen LogP contribution in [0.5, 0.6) is 0 Å². The van der Waals surface area contributed by atoms with Crippen LogP contribution in [0.2, 0.25) is 0 Å². The molecule has 0 saturated carbocycles. The highest BCUT2D eigenvalue weighted by Crippen LogP contribution is 2.04. The number of carbonyl (C=O) groups is 1. The van der Waals surface area contributed by atoms with Gasteiger partial charge in [-0.3, -0.25) is 5.32 Å². The van der Waals surface area contributed by atoms with Crippen LogP contribution >= 0.6 is 12.2 Å². The lowest BCUT2D eigenvalue weighted by Gasteiger charge is -2.03. The van der Waals surface area contributed by atoms with Gasteiger partial charge in [0.15, 0.2) is 0 Å². The van der Waals surface area contributed by atoms with E-state index < -0.39 is 6.09 Å². The third-order valence-corrected chi connectivity index (χ3v) is 1.30. The van der Waals surface area contributed by atoms with E-state index in [4.69, 9.17) is 5.73 Å². The van der Waals surface area contributed by atoms with Crippen LogP contribution in [-0.4, -0.2) is 11.3 Å². The Balaban J connectivity index is 2.50. The quantitative estimate of drug-likeness (QED) is 0.668. The van der Waals surface area contributed by atoms with Crippen molar-refractivity contribution in [3.63, 3.8) is 0 Å². The number of amides is 1. The Kier molecular flexibility index (Phi) is 3.22. The van der Waals surface area contributed by atoms with Gasteiger partial charge in [0, 0.05) is 5.69 Å². The van der Waals surface area contributed by atoms with Crippen LogP contribution in [0.25, 0.3) is 0 Å². The normalized spacial score (nSPS) is 8.92.